The number of aryl methyl sites for hydroxylation is 1. The van der Waals surface area contributed by atoms with Gasteiger partial charge in [0.25, 0.3) is 0 Å². The van der Waals surface area contributed by atoms with Crippen molar-refractivity contribution >= 4 is 33.6 Å². The first-order valence-electron chi connectivity index (χ1n) is 10.5. The summed E-state index contributed by atoms with van der Waals surface area (Å²) in [5.74, 6) is 0.405. The summed E-state index contributed by atoms with van der Waals surface area (Å²) in [6, 6.07) is 29.6. The SMILES string of the molecule is Cc1ccccc1N=C1C(=Nc2ccccc2C(C)C)c2cccc3cccc1c23.[CH3-].[Ni]. The summed E-state index contributed by atoms with van der Waals surface area (Å²) in [6.45, 7) is 6.53. The fraction of sp³-hybridized carbons (Fsp3) is 0.138. The molecule has 0 saturated heterocycles. The molecule has 0 amide bonds. The Morgan fingerprint density at radius 1 is 0.625 bits per heavy atom. The standard InChI is InChI=1S/C28H24N2.CH3.Ni/c1-18(2)21-13-5-7-17-25(21)30-28-23-15-9-12-20-11-8-14-22(26(20)23)27(28)29-24-16-6-4-10-19(24)3;;/h4-18H,1-3H3;1H3;/q;-1;. The van der Waals surface area contributed by atoms with Gasteiger partial charge in [0.05, 0.1) is 22.8 Å². The molecule has 0 bridgehead atoms. The van der Waals surface area contributed by atoms with Gasteiger partial charge in [-0.05, 0) is 41.5 Å². The van der Waals surface area contributed by atoms with Gasteiger partial charge in [-0.3, -0.25) is 0 Å². The van der Waals surface area contributed by atoms with Crippen molar-refractivity contribution in [1.29, 1.82) is 0 Å². The minimum Gasteiger partial charge on any atom is -0.358 e. The van der Waals surface area contributed by atoms with Crippen LogP contribution in [0, 0.1) is 14.4 Å². The Morgan fingerprint density at radius 2 is 1.16 bits per heavy atom. The van der Waals surface area contributed by atoms with Crippen molar-refractivity contribution in [3.8, 4) is 0 Å². The van der Waals surface area contributed by atoms with Crippen LogP contribution in [0.25, 0.3) is 10.8 Å². The van der Waals surface area contributed by atoms with E-state index < -0.39 is 0 Å². The summed E-state index contributed by atoms with van der Waals surface area (Å²) in [6.07, 6.45) is 0. The third-order valence-corrected chi connectivity index (χ3v) is 5.78. The minimum atomic E-state index is 0. The van der Waals surface area contributed by atoms with Gasteiger partial charge in [0, 0.05) is 33.0 Å². The Balaban J connectivity index is 0.00000144. The van der Waals surface area contributed by atoms with Crippen LogP contribution in [0.3, 0.4) is 0 Å². The van der Waals surface area contributed by atoms with E-state index in [1.54, 1.807) is 0 Å². The van der Waals surface area contributed by atoms with Gasteiger partial charge in [-0.2, -0.15) is 0 Å². The zero-order chi connectivity index (χ0) is 20.7. The monoisotopic (exact) mass is 461 g/mol. The first-order chi connectivity index (χ1) is 14.6. The maximum atomic E-state index is 5.21. The maximum absolute atomic E-state index is 5.21. The van der Waals surface area contributed by atoms with Crippen molar-refractivity contribution in [2.75, 3.05) is 0 Å². The Hall–Kier alpha value is -3.03. The normalized spacial score (nSPS) is 14.6. The molecule has 164 valence electrons. The molecule has 0 heterocycles. The quantitative estimate of drug-likeness (QED) is 0.218. The van der Waals surface area contributed by atoms with E-state index in [9.17, 15) is 0 Å². The van der Waals surface area contributed by atoms with Gasteiger partial charge in [-0.1, -0.05) is 86.6 Å². The largest absolute Gasteiger partial charge is 0.358 e. The third-order valence-electron chi connectivity index (χ3n) is 5.78. The molecular weight excluding hydrogens is 435 g/mol. The molecule has 4 aromatic carbocycles. The van der Waals surface area contributed by atoms with E-state index in [1.165, 1.54) is 16.3 Å². The number of aliphatic imine (C=N–C) groups is 2. The number of hydrogen-bond donors (Lipinski definition) is 0. The molecule has 4 aromatic rings. The van der Waals surface area contributed by atoms with Gasteiger partial charge in [0.1, 0.15) is 0 Å². The summed E-state index contributed by atoms with van der Waals surface area (Å²) in [5, 5.41) is 2.47. The van der Waals surface area contributed by atoms with E-state index in [4.69, 9.17) is 9.98 Å². The van der Waals surface area contributed by atoms with Crippen molar-refractivity contribution in [2.45, 2.75) is 26.7 Å². The van der Waals surface area contributed by atoms with Crippen LogP contribution in [0.15, 0.2) is 94.9 Å². The van der Waals surface area contributed by atoms with Crippen LogP contribution in [0.5, 0.6) is 0 Å². The van der Waals surface area contributed by atoms with Gasteiger partial charge in [0.2, 0.25) is 0 Å². The van der Waals surface area contributed by atoms with Crippen LogP contribution in [-0.4, -0.2) is 11.4 Å². The maximum Gasteiger partial charge on any atom is 0.0978 e. The molecule has 32 heavy (non-hydrogen) atoms. The summed E-state index contributed by atoms with van der Waals surface area (Å²) in [5.41, 5.74) is 8.65. The molecule has 0 aliphatic heterocycles. The predicted octanol–water partition coefficient (Wildman–Crippen LogP) is 7.97. The van der Waals surface area contributed by atoms with Crippen LogP contribution in [0.1, 0.15) is 42.0 Å². The van der Waals surface area contributed by atoms with Crippen molar-refractivity contribution in [2.24, 2.45) is 9.98 Å². The van der Waals surface area contributed by atoms with E-state index in [0.29, 0.717) is 5.92 Å². The molecule has 0 radical (unpaired) electrons. The zero-order valence-electron chi connectivity index (χ0n) is 18.9. The second kappa shape index (κ2) is 9.63. The van der Waals surface area contributed by atoms with Crippen LogP contribution in [0.2, 0.25) is 0 Å². The topological polar surface area (TPSA) is 24.7 Å². The minimum absolute atomic E-state index is 0. The molecule has 0 N–H and O–H groups in total. The average molecular weight is 462 g/mol. The fourth-order valence-corrected chi connectivity index (χ4v) is 4.22. The number of rotatable bonds is 3. The smallest absolute Gasteiger partial charge is 0.0978 e. The van der Waals surface area contributed by atoms with Crippen LogP contribution in [0.4, 0.5) is 11.4 Å². The number of hydrogen-bond acceptors (Lipinski definition) is 2. The van der Waals surface area contributed by atoms with E-state index in [2.05, 4.69) is 99.6 Å². The molecule has 1 aliphatic rings. The van der Waals surface area contributed by atoms with E-state index in [1.807, 2.05) is 6.07 Å². The summed E-state index contributed by atoms with van der Waals surface area (Å²) in [4.78, 5) is 10.3. The van der Waals surface area contributed by atoms with Crippen molar-refractivity contribution in [3.63, 3.8) is 0 Å². The molecule has 0 saturated carbocycles. The fourth-order valence-electron chi connectivity index (χ4n) is 4.22. The first kappa shape index (κ1) is 23.6. The third kappa shape index (κ3) is 4.06. The van der Waals surface area contributed by atoms with Crippen LogP contribution < -0.4 is 0 Å². The molecule has 0 atom stereocenters. The second-order valence-corrected chi connectivity index (χ2v) is 8.13. The predicted molar refractivity (Wildman–Crippen MR) is 134 cm³/mol. The van der Waals surface area contributed by atoms with E-state index in [-0.39, 0.29) is 23.9 Å². The Kier molecular flexibility index (Phi) is 7.11. The van der Waals surface area contributed by atoms with Crippen molar-refractivity contribution in [3.05, 3.63) is 115 Å². The van der Waals surface area contributed by atoms with Crippen molar-refractivity contribution < 1.29 is 16.5 Å². The number of para-hydroxylation sites is 2. The number of benzene rings is 4. The molecule has 0 aromatic heterocycles. The van der Waals surface area contributed by atoms with E-state index >= 15 is 0 Å². The Morgan fingerprint density at radius 3 is 1.75 bits per heavy atom. The zero-order valence-corrected chi connectivity index (χ0v) is 19.9. The molecule has 3 heteroatoms. The molecule has 2 nitrogen and oxygen atoms in total. The summed E-state index contributed by atoms with van der Waals surface area (Å²) >= 11 is 0. The first-order valence-corrected chi connectivity index (χ1v) is 10.5. The average Bonchev–Trinajstić information content (AvgIpc) is 3.05. The van der Waals surface area contributed by atoms with Gasteiger partial charge in [0.15, 0.2) is 0 Å². The number of nitrogens with zero attached hydrogens (tertiary/aromatic N) is 2. The Labute approximate surface area is 201 Å². The molecule has 1 aliphatic carbocycles. The second-order valence-electron chi connectivity index (χ2n) is 8.13. The van der Waals surface area contributed by atoms with Gasteiger partial charge < -0.3 is 7.43 Å². The Bertz CT molecular complexity index is 1330. The van der Waals surface area contributed by atoms with Crippen molar-refractivity contribution in [1.82, 2.24) is 0 Å². The van der Waals surface area contributed by atoms with Gasteiger partial charge >= 0.3 is 0 Å². The van der Waals surface area contributed by atoms with E-state index in [0.717, 1.165) is 39.5 Å². The molecular formula is C29H27N2Ni-. The molecule has 0 fully saturated rings. The van der Waals surface area contributed by atoms with Crippen LogP contribution in [-0.2, 0) is 16.5 Å². The molecule has 0 unspecified atom stereocenters. The van der Waals surface area contributed by atoms with Crippen LogP contribution >= 0.6 is 0 Å². The van der Waals surface area contributed by atoms with Gasteiger partial charge in [-0.25, -0.2) is 9.98 Å². The molecule has 0 spiro atoms. The molecule has 5 rings (SSSR count). The summed E-state index contributed by atoms with van der Waals surface area (Å²) < 4.78 is 0. The van der Waals surface area contributed by atoms with Gasteiger partial charge in [-0.15, -0.1) is 0 Å². The summed E-state index contributed by atoms with van der Waals surface area (Å²) in [7, 11) is 0.